The van der Waals surface area contributed by atoms with Crippen molar-refractivity contribution in [3.05, 3.63) is 33.9 Å². The summed E-state index contributed by atoms with van der Waals surface area (Å²) in [5.74, 6) is 0. The van der Waals surface area contributed by atoms with E-state index in [4.69, 9.17) is 0 Å². The summed E-state index contributed by atoms with van der Waals surface area (Å²) in [5, 5.41) is 13.3. The van der Waals surface area contributed by atoms with Crippen molar-refractivity contribution in [2.45, 2.75) is 25.9 Å². The number of nitro groups is 1. The van der Waals surface area contributed by atoms with Gasteiger partial charge in [0.15, 0.2) is 0 Å². The summed E-state index contributed by atoms with van der Waals surface area (Å²) < 4.78 is 35.7. The zero-order chi connectivity index (χ0) is 13.8. The molecule has 1 aromatic rings. The topological polar surface area (TPSA) is 55.2 Å². The maximum absolute atomic E-state index is 11.9. The number of aryl methyl sites for hydroxylation is 1. The Morgan fingerprint density at radius 1 is 1.39 bits per heavy atom. The number of hydrogen-bond acceptors (Lipinski definition) is 3. The van der Waals surface area contributed by atoms with Gasteiger partial charge in [-0.2, -0.15) is 13.2 Å². The molecule has 0 radical (unpaired) electrons. The molecule has 0 spiro atoms. The summed E-state index contributed by atoms with van der Waals surface area (Å²) in [4.78, 5) is 9.98. The predicted molar refractivity (Wildman–Crippen MR) is 61.6 cm³/mol. The SMILES string of the molecule is Cc1cc([N+](=O)[O-])ccc1NCCCC(F)(F)F. The molecule has 1 aromatic carbocycles. The van der Waals surface area contributed by atoms with E-state index >= 15 is 0 Å². The van der Waals surface area contributed by atoms with Gasteiger partial charge in [-0.05, 0) is 25.0 Å². The predicted octanol–water partition coefficient (Wildman–Crippen LogP) is 3.66. The van der Waals surface area contributed by atoms with Crippen LogP contribution in [0.3, 0.4) is 0 Å². The van der Waals surface area contributed by atoms with Crippen molar-refractivity contribution < 1.29 is 18.1 Å². The van der Waals surface area contributed by atoms with Crippen LogP contribution >= 0.6 is 0 Å². The van der Waals surface area contributed by atoms with Crippen LogP contribution in [0.5, 0.6) is 0 Å². The Morgan fingerprint density at radius 3 is 2.56 bits per heavy atom. The Morgan fingerprint density at radius 2 is 2.06 bits per heavy atom. The minimum atomic E-state index is -4.15. The average molecular weight is 262 g/mol. The zero-order valence-electron chi connectivity index (χ0n) is 9.75. The monoisotopic (exact) mass is 262 g/mol. The number of benzene rings is 1. The number of nitro benzene ring substituents is 1. The smallest absolute Gasteiger partial charge is 0.385 e. The van der Waals surface area contributed by atoms with Crippen LogP contribution in [0.25, 0.3) is 0 Å². The Kier molecular flexibility index (Phi) is 4.52. The van der Waals surface area contributed by atoms with E-state index < -0.39 is 17.5 Å². The lowest BCUT2D eigenvalue weighted by molar-refractivity contribution is -0.384. The molecule has 0 heterocycles. The highest BCUT2D eigenvalue weighted by atomic mass is 19.4. The minimum Gasteiger partial charge on any atom is -0.385 e. The number of nitrogens with zero attached hydrogens (tertiary/aromatic N) is 1. The largest absolute Gasteiger partial charge is 0.389 e. The second-order valence-corrected chi connectivity index (χ2v) is 3.90. The van der Waals surface area contributed by atoms with Crippen LogP contribution in [-0.4, -0.2) is 17.6 Å². The lowest BCUT2D eigenvalue weighted by Gasteiger charge is -2.10. The molecule has 4 nitrogen and oxygen atoms in total. The molecule has 1 N–H and O–H groups in total. The number of anilines is 1. The second-order valence-electron chi connectivity index (χ2n) is 3.90. The summed E-state index contributed by atoms with van der Waals surface area (Å²) in [6.45, 7) is 1.84. The molecule has 0 saturated carbocycles. The molecule has 0 unspecified atom stereocenters. The van der Waals surface area contributed by atoms with Gasteiger partial charge in [-0.3, -0.25) is 10.1 Å². The standard InChI is InChI=1S/C11H13F3N2O2/c1-8-7-9(16(17)18)3-4-10(8)15-6-2-5-11(12,13)14/h3-4,7,15H,2,5-6H2,1H3. The van der Waals surface area contributed by atoms with Crippen molar-refractivity contribution >= 4 is 11.4 Å². The van der Waals surface area contributed by atoms with E-state index in [9.17, 15) is 23.3 Å². The maximum Gasteiger partial charge on any atom is 0.389 e. The van der Waals surface area contributed by atoms with Gasteiger partial charge in [-0.1, -0.05) is 0 Å². The molecule has 18 heavy (non-hydrogen) atoms. The third kappa shape index (κ3) is 4.60. The van der Waals surface area contributed by atoms with E-state index in [1.54, 1.807) is 6.92 Å². The van der Waals surface area contributed by atoms with Crippen molar-refractivity contribution in [3.63, 3.8) is 0 Å². The lowest BCUT2D eigenvalue weighted by Crippen LogP contribution is -2.11. The molecular formula is C11H13F3N2O2. The fourth-order valence-electron chi connectivity index (χ4n) is 1.47. The van der Waals surface area contributed by atoms with E-state index in [0.29, 0.717) is 11.3 Å². The molecule has 0 aliphatic carbocycles. The molecule has 0 aliphatic rings. The summed E-state index contributed by atoms with van der Waals surface area (Å²) in [6.07, 6.45) is -5.02. The van der Waals surface area contributed by atoms with Crippen molar-refractivity contribution in [3.8, 4) is 0 Å². The number of rotatable bonds is 5. The first-order chi connectivity index (χ1) is 8.29. The molecule has 7 heteroatoms. The number of halogens is 3. The summed E-state index contributed by atoms with van der Waals surface area (Å²) in [5.41, 5.74) is 1.22. The minimum absolute atomic E-state index is 0.0278. The van der Waals surface area contributed by atoms with Gasteiger partial charge in [0.2, 0.25) is 0 Å². The van der Waals surface area contributed by atoms with E-state index in [-0.39, 0.29) is 18.7 Å². The van der Waals surface area contributed by atoms with Gasteiger partial charge in [0.25, 0.3) is 5.69 Å². The first-order valence-corrected chi connectivity index (χ1v) is 5.35. The van der Waals surface area contributed by atoms with Gasteiger partial charge in [-0.25, -0.2) is 0 Å². The molecule has 1 rings (SSSR count). The van der Waals surface area contributed by atoms with Crippen LogP contribution in [0.1, 0.15) is 18.4 Å². The molecule has 0 aromatic heterocycles. The molecule has 0 atom stereocenters. The molecule has 0 fully saturated rings. The molecule has 0 amide bonds. The number of hydrogen-bond donors (Lipinski definition) is 1. The fourth-order valence-corrected chi connectivity index (χ4v) is 1.47. The van der Waals surface area contributed by atoms with E-state index in [1.807, 2.05) is 0 Å². The fraction of sp³-hybridized carbons (Fsp3) is 0.455. The molecular weight excluding hydrogens is 249 g/mol. The van der Waals surface area contributed by atoms with Crippen LogP contribution in [0.2, 0.25) is 0 Å². The van der Waals surface area contributed by atoms with Crippen LogP contribution < -0.4 is 5.32 Å². The Bertz CT molecular complexity index is 433. The van der Waals surface area contributed by atoms with Gasteiger partial charge in [0, 0.05) is 30.8 Å². The molecule has 0 bridgehead atoms. The van der Waals surface area contributed by atoms with Gasteiger partial charge >= 0.3 is 6.18 Å². The van der Waals surface area contributed by atoms with Gasteiger partial charge in [0.05, 0.1) is 4.92 Å². The quantitative estimate of drug-likeness (QED) is 0.500. The lowest BCUT2D eigenvalue weighted by atomic mass is 10.1. The Labute approximate surface area is 102 Å². The highest BCUT2D eigenvalue weighted by molar-refractivity contribution is 5.55. The van der Waals surface area contributed by atoms with Gasteiger partial charge < -0.3 is 5.32 Å². The number of alkyl halides is 3. The Balaban J connectivity index is 2.51. The van der Waals surface area contributed by atoms with E-state index in [2.05, 4.69) is 5.32 Å². The van der Waals surface area contributed by atoms with E-state index in [0.717, 1.165) is 0 Å². The third-order valence-corrected chi connectivity index (χ3v) is 2.37. The van der Waals surface area contributed by atoms with Gasteiger partial charge in [-0.15, -0.1) is 0 Å². The highest BCUT2D eigenvalue weighted by Gasteiger charge is 2.25. The van der Waals surface area contributed by atoms with Gasteiger partial charge in [0.1, 0.15) is 0 Å². The van der Waals surface area contributed by atoms with Crippen molar-refractivity contribution in [1.82, 2.24) is 0 Å². The van der Waals surface area contributed by atoms with Crippen molar-refractivity contribution in [1.29, 1.82) is 0 Å². The summed E-state index contributed by atoms with van der Waals surface area (Å²) in [7, 11) is 0. The molecule has 0 saturated heterocycles. The van der Waals surface area contributed by atoms with Crippen LogP contribution in [0.4, 0.5) is 24.5 Å². The second kappa shape index (κ2) is 5.70. The zero-order valence-corrected chi connectivity index (χ0v) is 9.75. The molecule has 0 aliphatic heterocycles. The average Bonchev–Trinajstić information content (AvgIpc) is 2.24. The molecule has 100 valence electrons. The van der Waals surface area contributed by atoms with Crippen LogP contribution in [0, 0.1) is 17.0 Å². The number of non-ortho nitro benzene ring substituents is 1. The van der Waals surface area contributed by atoms with Crippen LogP contribution in [-0.2, 0) is 0 Å². The van der Waals surface area contributed by atoms with Crippen molar-refractivity contribution in [2.24, 2.45) is 0 Å². The Hall–Kier alpha value is -1.79. The number of nitrogens with one attached hydrogen (secondary N) is 1. The van der Waals surface area contributed by atoms with Crippen LogP contribution in [0.15, 0.2) is 18.2 Å². The first kappa shape index (κ1) is 14.3. The van der Waals surface area contributed by atoms with Crippen molar-refractivity contribution in [2.75, 3.05) is 11.9 Å². The summed E-state index contributed by atoms with van der Waals surface area (Å²) in [6, 6.07) is 4.20. The normalized spacial score (nSPS) is 11.3. The highest BCUT2D eigenvalue weighted by Crippen LogP contribution is 2.23. The third-order valence-electron chi connectivity index (χ3n) is 2.37. The first-order valence-electron chi connectivity index (χ1n) is 5.35. The van der Waals surface area contributed by atoms with E-state index in [1.165, 1.54) is 18.2 Å². The maximum atomic E-state index is 11.9. The summed E-state index contributed by atoms with van der Waals surface area (Å²) >= 11 is 0.